The fraction of sp³-hybridized carbons (Fsp3) is 0.941. The van der Waals surface area contributed by atoms with Crippen LogP contribution in [0.2, 0.25) is 19.0 Å². The zero-order chi connectivity index (χ0) is 36.9. The normalized spacial score (nSPS) is 22.5. The summed E-state index contributed by atoms with van der Waals surface area (Å²) in [4.78, 5) is 0. The molecule has 0 radical (unpaired) electrons. The van der Waals surface area contributed by atoms with Crippen LogP contribution < -0.4 is 0 Å². The zero-order valence-electron chi connectivity index (χ0n) is 33.3. The molecule has 8 nitrogen and oxygen atoms in total. The Hall–Kier alpha value is -0.320. The standard InChI is InChI=1S/C8H17BO2.C8H15BO2.2C5H11BO2.4C2H6/c2*1-8(2,3)7-4-5-11-9(10)6-7;2*1-5-2-3-8-6(7)4-5;4*1-2/h7,10H,4-6H2,1-3H3;6,10H,4-5H2,1-3H3;2*5,7H,2-4H2,1H3;4*1-2H3/t;;2*5-;;;;/m..10..../s1. The predicted octanol–water partition coefficient (Wildman–Crippen LogP) is 8.10. The lowest BCUT2D eigenvalue weighted by atomic mass is 9.65. The van der Waals surface area contributed by atoms with Crippen molar-refractivity contribution in [3.05, 3.63) is 11.5 Å². The van der Waals surface area contributed by atoms with Gasteiger partial charge in [0, 0.05) is 26.4 Å². The zero-order valence-corrected chi connectivity index (χ0v) is 33.3. The van der Waals surface area contributed by atoms with E-state index in [2.05, 4.69) is 55.4 Å². The van der Waals surface area contributed by atoms with Gasteiger partial charge in [-0.3, -0.25) is 0 Å². The molecular formula is C34H78B4O8. The van der Waals surface area contributed by atoms with Gasteiger partial charge in [-0.2, -0.15) is 0 Å². The van der Waals surface area contributed by atoms with Crippen molar-refractivity contribution in [2.75, 3.05) is 26.4 Å². The summed E-state index contributed by atoms with van der Waals surface area (Å²) in [6.45, 7) is 36.2. The molecule has 0 bridgehead atoms. The average Bonchev–Trinajstić information content (AvgIpc) is 3.01. The summed E-state index contributed by atoms with van der Waals surface area (Å²) in [5.74, 6) is 3.69. The Morgan fingerprint density at radius 2 is 0.935 bits per heavy atom. The molecule has 3 saturated heterocycles. The minimum Gasteiger partial charge on any atom is -0.427 e. The fourth-order valence-electron chi connectivity index (χ4n) is 4.65. The lowest BCUT2D eigenvalue weighted by molar-refractivity contribution is 0.138. The summed E-state index contributed by atoms with van der Waals surface area (Å²) in [6, 6.07) is 0. The van der Waals surface area contributed by atoms with Crippen molar-refractivity contribution in [1.29, 1.82) is 0 Å². The molecule has 3 fully saturated rings. The van der Waals surface area contributed by atoms with Gasteiger partial charge in [0.1, 0.15) is 0 Å². The quantitative estimate of drug-likeness (QED) is 0.193. The van der Waals surface area contributed by atoms with Crippen LogP contribution in [0.3, 0.4) is 0 Å². The second-order valence-corrected chi connectivity index (χ2v) is 13.3. The van der Waals surface area contributed by atoms with Crippen LogP contribution in [0.15, 0.2) is 11.5 Å². The second-order valence-electron chi connectivity index (χ2n) is 13.3. The summed E-state index contributed by atoms with van der Waals surface area (Å²) < 4.78 is 19.8. The van der Waals surface area contributed by atoms with E-state index in [0.717, 1.165) is 57.9 Å². The van der Waals surface area contributed by atoms with E-state index < -0.39 is 28.5 Å². The van der Waals surface area contributed by atoms with Crippen LogP contribution in [0, 0.1) is 28.6 Å². The highest BCUT2D eigenvalue weighted by Gasteiger charge is 2.33. The van der Waals surface area contributed by atoms with E-state index in [1.54, 1.807) is 0 Å². The minimum atomic E-state index is -0.682. The first-order valence-electron chi connectivity index (χ1n) is 18.5. The van der Waals surface area contributed by atoms with Crippen molar-refractivity contribution < 1.29 is 38.7 Å². The second kappa shape index (κ2) is 31.9. The van der Waals surface area contributed by atoms with E-state index in [9.17, 15) is 5.02 Å². The molecule has 0 aromatic rings. The van der Waals surface area contributed by atoms with Crippen molar-refractivity contribution in [1.82, 2.24) is 0 Å². The lowest BCUT2D eigenvalue weighted by Crippen LogP contribution is -2.34. The summed E-state index contributed by atoms with van der Waals surface area (Å²) >= 11 is 0. The number of hydrogen-bond acceptors (Lipinski definition) is 8. The van der Waals surface area contributed by atoms with Crippen molar-refractivity contribution in [2.45, 2.75) is 155 Å². The van der Waals surface area contributed by atoms with Crippen LogP contribution in [0.5, 0.6) is 0 Å². The molecule has 0 aliphatic carbocycles. The maximum atomic E-state index is 9.22. The Bertz CT molecular complexity index is 639. The Morgan fingerprint density at radius 1 is 0.565 bits per heavy atom. The molecule has 0 saturated carbocycles. The number of rotatable bonds is 0. The molecule has 3 atom stereocenters. The molecule has 0 aromatic heterocycles. The Morgan fingerprint density at radius 3 is 1.15 bits per heavy atom. The maximum absolute atomic E-state index is 9.22. The Balaban J connectivity index is -0.000000240. The first-order chi connectivity index (χ1) is 21.6. The van der Waals surface area contributed by atoms with E-state index in [1.807, 2.05) is 61.4 Å². The highest BCUT2D eigenvalue weighted by Crippen LogP contribution is 2.35. The van der Waals surface area contributed by atoms with Crippen LogP contribution in [-0.2, 0) is 18.6 Å². The van der Waals surface area contributed by atoms with Crippen molar-refractivity contribution in [3.8, 4) is 0 Å². The molecule has 46 heavy (non-hydrogen) atoms. The topological polar surface area (TPSA) is 118 Å². The molecule has 274 valence electrons. The van der Waals surface area contributed by atoms with Crippen LogP contribution in [0.1, 0.15) is 136 Å². The molecule has 0 spiro atoms. The third-order valence-corrected chi connectivity index (χ3v) is 7.50. The van der Waals surface area contributed by atoms with Crippen LogP contribution in [-0.4, -0.2) is 75.0 Å². The van der Waals surface area contributed by atoms with Crippen molar-refractivity contribution >= 4 is 28.5 Å². The Kier molecular flexibility index (Phi) is 36.4. The van der Waals surface area contributed by atoms with Gasteiger partial charge in [0.25, 0.3) is 0 Å². The highest BCUT2D eigenvalue weighted by atomic mass is 16.5. The molecule has 0 aromatic carbocycles. The van der Waals surface area contributed by atoms with E-state index in [-0.39, 0.29) is 5.41 Å². The van der Waals surface area contributed by atoms with Crippen LogP contribution in [0.25, 0.3) is 0 Å². The van der Waals surface area contributed by atoms with Crippen molar-refractivity contribution in [2.24, 2.45) is 28.6 Å². The van der Waals surface area contributed by atoms with Gasteiger partial charge in [-0.1, -0.05) is 122 Å². The Labute approximate surface area is 288 Å². The van der Waals surface area contributed by atoms with Gasteiger partial charge in [0.15, 0.2) is 0 Å². The monoisotopic (exact) mass is 659 g/mol. The largest absolute Gasteiger partial charge is 0.483 e. The lowest BCUT2D eigenvalue weighted by Gasteiger charge is -2.34. The van der Waals surface area contributed by atoms with Crippen LogP contribution >= 0.6 is 0 Å². The average molecular weight is 658 g/mol. The number of hydrogen-bond donors (Lipinski definition) is 4. The van der Waals surface area contributed by atoms with Gasteiger partial charge < -0.3 is 38.7 Å². The molecular weight excluding hydrogens is 580 g/mol. The third kappa shape index (κ3) is 29.8. The van der Waals surface area contributed by atoms with Gasteiger partial charge in [-0.25, -0.2) is 0 Å². The maximum Gasteiger partial charge on any atom is 0.483 e. The van der Waals surface area contributed by atoms with E-state index in [1.165, 1.54) is 5.57 Å². The minimum absolute atomic E-state index is 0.171. The van der Waals surface area contributed by atoms with E-state index >= 15 is 0 Å². The molecule has 12 heteroatoms. The summed E-state index contributed by atoms with van der Waals surface area (Å²) in [6.07, 6.45) is 6.62. The van der Waals surface area contributed by atoms with Gasteiger partial charge in [-0.05, 0) is 73.2 Å². The fourth-order valence-corrected chi connectivity index (χ4v) is 4.65. The molecule has 0 amide bonds. The first-order valence-corrected chi connectivity index (χ1v) is 18.5. The van der Waals surface area contributed by atoms with Gasteiger partial charge in [-0.15, -0.1) is 0 Å². The highest BCUT2D eigenvalue weighted by molar-refractivity contribution is 6.49. The SMILES string of the molecule is CC.CC.CC.CC.CC(C)(C)C1=CB(O)OCC1.CC(C)(C)C1CCOB(O)C1.C[C@@H]1CCOB(O)C1.C[C@H]1CCOB(O)C1. The third-order valence-electron chi connectivity index (χ3n) is 7.50. The first kappa shape index (κ1) is 52.5. The van der Waals surface area contributed by atoms with Crippen molar-refractivity contribution in [3.63, 3.8) is 0 Å². The van der Waals surface area contributed by atoms with E-state index in [0.29, 0.717) is 36.4 Å². The van der Waals surface area contributed by atoms with E-state index in [4.69, 9.17) is 33.7 Å². The summed E-state index contributed by atoms with van der Waals surface area (Å²) in [5, 5.41) is 36.1. The van der Waals surface area contributed by atoms with Gasteiger partial charge >= 0.3 is 28.5 Å². The van der Waals surface area contributed by atoms with Crippen LogP contribution in [0.4, 0.5) is 0 Å². The van der Waals surface area contributed by atoms with Gasteiger partial charge in [0.2, 0.25) is 0 Å². The molecule has 4 aliphatic heterocycles. The molecule has 4 rings (SSSR count). The predicted molar refractivity (Wildman–Crippen MR) is 203 cm³/mol. The molecule has 4 N–H and O–H groups in total. The summed E-state index contributed by atoms with van der Waals surface area (Å²) in [7, 11) is -2.18. The molecule has 4 aliphatic rings. The molecule has 1 unspecified atom stereocenters. The van der Waals surface area contributed by atoms with Gasteiger partial charge in [0.05, 0.1) is 0 Å². The summed E-state index contributed by atoms with van der Waals surface area (Å²) in [5.41, 5.74) is 1.77. The molecule has 4 heterocycles. The smallest absolute Gasteiger partial charge is 0.427 e.